The fourth-order valence-corrected chi connectivity index (χ4v) is 4.23. The highest BCUT2D eigenvalue weighted by Crippen LogP contribution is 2.34. The van der Waals surface area contributed by atoms with Crippen molar-refractivity contribution in [1.82, 2.24) is 0 Å². The largest absolute Gasteiger partial charge is 0.288 e. The standard InChI is InChI=1S/C11HBr2F5OS/c12-3-1-2(11(13)20-3)10(19)4-5(14)7(16)9(18)8(17)6(4)15/h1H. The number of hydrogen-bond acceptors (Lipinski definition) is 2. The van der Waals surface area contributed by atoms with Crippen molar-refractivity contribution in [3.05, 3.63) is 53.9 Å². The minimum Gasteiger partial charge on any atom is -0.288 e. The van der Waals surface area contributed by atoms with Crippen molar-refractivity contribution >= 4 is 49.0 Å². The molecule has 0 aliphatic heterocycles. The maximum atomic E-state index is 13.5. The first-order valence-corrected chi connectivity index (χ1v) is 7.17. The molecule has 0 amide bonds. The smallest absolute Gasteiger partial charge is 0.201 e. The molecule has 0 saturated heterocycles. The van der Waals surface area contributed by atoms with Crippen molar-refractivity contribution in [3.63, 3.8) is 0 Å². The normalized spacial score (nSPS) is 10.9. The van der Waals surface area contributed by atoms with Crippen LogP contribution in [0.1, 0.15) is 15.9 Å². The molecule has 20 heavy (non-hydrogen) atoms. The van der Waals surface area contributed by atoms with Crippen LogP contribution in [0, 0.1) is 29.1 Å². The summed E-state index contributed by atoms with van der Waals surface area (Å²) in [6.45, 7) is 0. The molecule has 0 N–H and O–H groups in total. The van der Waals surface area contributed by atoms with Gasteiger partial charge in [0.15, 0.2) is 23.3 Å². The third kappa shape index (κ3) is 2.42. The number of halogens is 7. The van der Waals surface area contributed by atoms with E-state index in [0.717, 1.165) is 11.3 Å². The van der Waals surface area contributed by atoms with Crippen LogP contribution < -0.4 is 0 Å². The van der Waals surface area contributed by atoms with Crippen LogP contribution in [0.15, 0.2) is 13.6 Å². The molecule has 1 aromatic carbocycles. The van der Waals surface area contributed by atoms with Gasteiger partial charge >= 0.3 is 0 Å². The Balaban J connectivity index is 2.70. The van der Waals surface area contributed by atoms with Crippen molar-refractivity contribution in [1.29, 1.82) is 0 Å². The van der Waals surface area contributed by atoms with E-state index in [2.05, 4.69) is 31.9 Å². The van der Waals surface area contributed by atoms with Gasteiger partial charge in [-0.25, -0.2) is 22.0 Å². The fourth-order valence-electron chi connectivity index (χ4n) is 1.43. The Morgan fingerprint density at radius 3 is 1.75 bits per heavy atom. The molecule has 106 valence electrons. The average molecular weight is 436 g/mol. The van der Waals surface area contributed by atoms with Gasteiger partial charge in [0, 0.05) is 5.56 Å². The molecule has 1 heterocycles. The molecule has 1 nitrogen and oxygen atoms in total. The second-order valence-corrected chi connectivity index (χ2v) is 7.26. The number of rotatable bonds is 2. The highest BCUT2D eigenvalue weighted by molar-refractivity contribution is 9.12. The van der Waals surface area contributed by atoms with Crippen molar-refractivity contribution in [2.75, 3.05) is 0 Å². The first-order chi connectivity index (χ1) is 9.25. The number of benzene rings is 1. The average Bonchev–Trinajstić information content (AvgIpc) is 2.73. The summed E-state index contributed by atoms with van der Waals surface area (Å²) in [6, 6.07) is 1.22. The van der Waals surface area contributed by atoms with E-state index in [9.17, 15) is 26.7 Å². The summed E-state index contributed by atoms with van der Waals surface area (Å²) < 4.78 is 66.7. The Hall–Kier alpha value is -0.800. The molecule has 2 aromatic rings. The third-order valence-electron chi connectivity index (χ3n) is 2.34. The van der Waals surface area contributed by atoms with Crippen LogP contribution in [0.2, 0.25) is 0 Å². The molecule has 9 heteroatoms. The number of carbonyl (C=O) groups excluding carboxylic acids is 1. The number of ketones is 1. The van der Waals surface area contributed by atoms with E-state index in [-0.39, 0.29) is 9.35 Å². The molecule has 2 rings (SSSR count). The lowest BCUT2D eigenvalue weighted by molar-refractivity contribution is 0.102. The predicted octanol–water partition coefficient (Wildman–Crippen LogP) is 5.20. The van der Waals surface area contributed by atoms with E-state index in [1.807, 2.05) is 0 Å². The maximum absolute atomic E-state index is 13.5. The molecule has 0 fully saturated rings. The summed E-state index contributed by atoms with van der Waals surface area (Å²) in [5.74, 6) is -12.2. The Kier molecular flexibility index (Phi) is 4.31. The van der Waals surface area contributed by atoms with Gasteiger partial charge in [0.05, 0.1) is 7.57 Å². The summed E-state index contributed by atoms with van der Waals surface area (Å²) in [5.41, 5.74) is -1.68. The first kappa shape index (κ1) is 15.6. The molecule has 0 atom stereocenters. The summed E-state index contributed by atoms with van der Waals surface area (Å²) in [6.07, 6.45) is 0. The van der Waals surface area contributed by atoms with Crippen molar-refractivity contribution in [2.24, 2.45) is 0 Å². The van der Waals surface area contributed by atoms with Crippen LogP contribution in [0.5, 0.6) is 0 Å². The van der Waals surface area contributed by atoms with Crippen LogP contribution in [-0.2, 0) is 0 Å². The molecular weight excluding hydrogens is 435 g/mol. The molecule has 0 spiro atoms. The minimum atomic E-state index is -2.30. The summed E-state index contributed by atoms with van der Waals surface area (Å²) >= 11 is 7.04. The van der Waals surface area contributed by atoms with Gasteiger partial charge in [0.25, 0.3) is 0 Å². The van der Waals surface area contributed by atoms with E-state index in [1.165, 1.54) is 6.07 Å². The highest BCUT2D eigenvalue weighted by atomic mass is 79.9. The zero-order chi connectivity index (χ0) is 15.2. The second-order valence-electron chi connectivity index (χ2n) is 3.51. The van der Waals surface area contributed by atoms with Crippen molar-refractivity contribution in [2.45, 2.75) is 0 Å². The predicted molar refractivity (Wildman–Crippen MR) is 69.4 cm³/mol. The van der Waals surface area contributed by atoms with Gasteiger partial charge in [-0.05, 0) is 37.9 Å². The van der Waals surface area contributed by atoms with Crippen LogP contribution in [-0.4, -0.2) is 5.78 Å². The van der Waals surface area contributed by atoms with E-state index in [4.69, 9.17) is 0 Å². The van der Waals surface area contributed by atoms with Gasteiger partial charge in [0.1, 0.15) is 5.56 Å². The summed E-state index contributed by atoms with van der Waals surface area (Å²) in [4.78, 5) is 12.0. The number of hydrogen-bond donors (Lipinski definition) is 0. The molecule has 0 saturated carbocycles. The molecule has 0 unspecified atom stereocenters. The van der Waals surface area contributed by atoms with Gasteiger partial charge in [-0.15, -0.1) is 11.3 Å². The van der Waals surface area contributed by atoms with Gasteiger partial charge in [-0.1, -0.05) is 0 Å². The van der Waals surface area contributed by atoms with Crippen LogP contribution in [0.4, 0.5) is 22.0 Å². The Labute approximate surface area is 129 Å². The number of carbonyl (C=O) groups is 1. The molecule has 0 aliphatic carbocycles. The zero-order valence-corrected chi connectivity index (χ0v) is 13.0. The lowest BCUT2D eigenvalue weighted by Crippen LogP contribution is -2.13. The topological polar surface area (TPSA) is 17.1 Å². The second kappa shape index (κ2) is 5.53. The van der Waals surface area contributed by atoms with Crippen LogP contribution >= 0.6 is 43.2 Å². The maximum Gasteiger partial charge on any atom is 0.201 e. The van der Waals surface area contributed by atoms with E-state index in [1.54, 1.807) is 0 Å². The number of thiophene rings is 1. The molecule has 1 aromatic heterocycles. The zero-order valence-electron chi connectivity index (χ0n) is 9.04. The van der Waals surface area contributed by atoms with Crippen LogP contribution in [0.25, 0.3) is 0 Å². The highest BCUT2D eigenvalue weighted by Gasteiger charge is 2.31. The third-order valence-corrected chi connectivity index (χ3v) is 4.68. The van der Waals surface area contributed by atoms with Crippen LogP contribution in [0.3, 0.4) is 0 Å². The quantitative estimate of drug-likeness (QED) is 0.274. The van der Waals surface area contributed by atoms with Gasteiger partial charge in [-0.3, -0.25) is 4.79 Å². The van der Waals surface area contributed by atoms with Crippen molar-refractivity contribution < 1.29 is 26.7 Å². The van der Waals surface area contributed by atoms with E-state index >= 15 is 0 Å². The molecule has 0 bridgehead atoms. The first-order valence-electron chi connectivity index (χ1n) is 4.76. The Bertz CT molecular complexity index is 699. The Morgan fingerprint density at radius 2 is 1.35 bits per heavy atom. The Morgan fingerprint density at radius 1 is 0.900 bits per heavy atom. The molecule has 0 aliphatic rings. The summed E-state index contributed by atoms with van der Waals surface area (Å²) in [5, 5.41) is 0. The molecule has 0 radical (unpaired) electrons. The molecular formula is C11HBr2F5OS. The fraction of sp³-hybridized carbons (Fsp3) is 0. The van der Waals surface area contributed by atoms with E-state index in [0.29, 0.717) is 3.79 Å². The lowest BCUT2D eigenvalue weighted by atomic mass is 10.0. The summed E-state index contributed by atoms with van der Waals surface area (Å²) in [7, 11) is 0. The van der Waals surface area contributed by atoms with Gasteiger partial charge in [0.2, 0.25) is 11.6 Å². The minimum absolute atomic E-state index is 0.204. The van der Waals surface area contributed by atoms with Crippen molar-refractivity contribution in [3.8, 4) is 0 Å². The van der Waals surface area contributed by atoms with E-state index < -0.39 is 40.4 Å². The SMILES string of the molecule is O=C(c1cc(Br)sc1Br)c1c(F)c(F)c(F)c(F)c1F. The lowest BCUT2D eigenvalue weighted by Gasteiger charge is -2.06. The van der Waals surface area contributed by atoms with Gasteiger partial charge in [-0.2, -0.15) is 0 Å². The monoisotopic (exact) mass is 434 g/mol. The van der Waals surface area contributed by atoms with Gasteiger partial charge < -0.3 is 0 Å².